The molecule has 0 saturated carbocycles. The van der Waals surface area contributed by atoms with E-state index in [4.69, 9.17) is 15.2 Å². The first-order valence-electron chi connectivity index (χ1n) is 12.6. The molecule has 2 aliphatic rings. The van der Waals surface area contributed by atoms with Gasteiger partial charge in [0.2, 0.25) is 7.52 Å². The van der Waals surface area contributed by atoms with Crippen LogP contribution in [-0.2, 0) is 31.5 Å². The van der Waals surface area contributed by atoms with Crippen molar-refractivity contribution in [3.8, 4) is 16.9 Å². The Hall–Kier alpha value is -1.61. The van der Waals surface area contributed by atoms with E-state index in [-0.39, 0.29) is 36.0 Å². The molecule has 4 rings (SSSR count). The number of alkyl halides is 2. The van der Waals surface area contributed by atoms with Crippen molar-refractivity contribution in [3.63, 3.8) is 0 Å². The molecule has 0 radical (unpaired) electrons. The lowest BCUT2D eigenvalue weighted by Gasteiger charge is -2.44. The molecule has 0 atom stereocenters. The zero-order valence-corrected chi connectivity index (χ0v) is 26.4. The van der Waals surface area contributed by atoms with Crippen molar-refractivity contribution in [2.24, 2.45) is 5.73 Å². The van der Waals surface area contributed by atoms with E-state index >= 15 is 0 Å². The number of halogens is 2. The second-order valence-corrected chi connectivity index (χ2v) is 18.5. The highest BCUT2D eigenvalue weighted by molar-refractivity contribution is 14.2. The zero-order chi connectivity index (χ0) is 27.6. The van der Waals surface area contributed by atoms with E-state index in [0.717, 1.165) is 48.1 Å². The molecule has 2 amide bonds. The highest BCUT2D eigenvalue weighted by Crippen LogP contribution is 2.41. The fraction of sp³-hybridized carbons (Fsp3) is 0.481. The first-order valence-corrected chi connectivity index (χ1v) is 16.6. The van der Waals surface area contributed by atoms with Gasteiger partial charge in [-0.05, 0) is 106 Å². The van der Waals surface area contributed by atoms with Crippen LogP contribution in [-0.4, -0.2) is 51.4 Å². The van der Waals surface area contributed by atoms with E-state index in [1.807, 2.05) is 43.3 Å². The summed E-state index contributed by atoms with van der Waals surface area (Å²) >= 11 is 4.20. The molecule has 2 aromatic rings. The van der Waals surface area contributed by atoms with Gasteiger partial charge in [-0.1, -0.05) is 30.3 Å². The van der Waals surface area contributed by atoms with Gasteiger partial charge in [-0.3, -0.25) is 4.79 Å². The molecule has 0 unspecified atom stereocenters. The number of carbonyl (C=O) groups is 2. The molecule has 2 heterocycles. The molecule has 0 aliphatic carbocycles. The molecule has 2 aromatic carbocycles. The number of likely N-dealkylation sites (tertiary alicyclic amines) is 1. The van der Waals surface area contributed by atoms with E-state index in [1.165, 1.54) is 0 Å². The first kappa shape index (κ1) is 29.4. The topological polar surface area (TPSA) is 116 Å². The van der Waals surface area contributed by atoms with Crippen molar-refractivity contribution in [3.05, 3.63) is 53.6 Å². The van der Waals surface area contributed by atoms with Crippen LogP contribution < -0.4 is 10.5 Å². The molecule has 11 heteroatoms. The van der Waals surface area contributed by atoms with Crippen LogP contribution in [0.2, 0.25) is 0 Å². The van der Waals surface area contributed by atoms with Crippen LogP contribution in [0.1, 0.15) is 50.2 Å². The molecule has 0 aromatic heterocycles. The van der Waals surface area contributed by atoms with Crippen LogP contribution >= 0.6 is 45.2 Å². The van der Waals surface area contributed by atoms with Crippen LogP contribution in [0.4, 0.5) is 4.79 Å². The predicted molar refractivity (Wildman–Crippen MR) is 163 cm³/mol. The van der Waals surface area contributed by atoms with Gasteiger partial charge in [0.15, 0.2) is 9.84 Å². The van der Waals surface area contributed by atoms with Crippen LogP contribution in [0.25, 0.3) is 11.1 Å². The quantitative estimate of drug-likeness (QED) is 0.286. The van der Waals surface area contributed by atoms with Crippen molar-refractivity contribution in [2.45, 2.75) is 58.4 Å². The van der Waals surface area contributed by atoms with E-state index in [0.29, 0.717) is 18.7 Å². The van der Waals surface area contributed by atoms with Crippen molar-refractivity contribution in [1.29, 1.82) is 0 Å². The number of carbonyl (C=O) groups excluding carboxylic acids is 2. The van der Waals surface area contributed by atoms with Gasteiger partial charge < -0.3 is 20.1 Å². The standard InChI is InChI=1S/C27H32I2N2O6S/c1-26(28,29)37-25(33)31-14-12-27(13-15-31)11-10-22-17-21(8-9-23(22)36-27)20-6-4-19(5-7-20)18-38(34,35)16-2-3-24(30)32/h4-9,17H,2-3,10-16,18H2,1H3,(H2,30,32). The van der Waals surface area contributed by atoms with Gasteiger partial charge in [-0.2, -0.15) is 0 Å². The molecule has 206 valence electrons. The van der Waals surface area contributed by atoms with E-state index in [9.17, 15) is 18.0 Å². The summed E-state index contributed by atoms with van der Waals surface area (Å²) in [6.07, 6.45) is 3.38. The van der Waals surface area contributed by atoms with E-state index in [2.05, 4.69) is 51.2 Å². The lowest BCUT2D eigenvalue weighted by atomic mass is 9.82. The Balaban J connectivity index is 1.36. The van der Waals surface area contributed by atoms with Gasteiger partial charge in [0.25, 0.3) is 0 Å². The summed E-state index contributed by atoms with van der Waals surface area (Å²) in [6, 6.07) is 13.7. The maximum atomic E-state index is 12.4. The Kier molecular flexibility index (Phi) is 9.17. The molecule has 1 spiro atoms. The van der Waals surface area contributed by atoms with Crippen LogP contribution in [0.5, 0.6) is 5.75 Å². The average molecular weight is 766 g/mol. The summed E-state index contributed by atoms with van der Waals surface area (Å²) in [7, 11) is -3.30. The molecular formula is C27H32I2N2O6S. The first-order chi connectivity index (χ1) is 17.8. The molecule has 1 saturated heterocycles. The highest BCUT2D eigenvalue weighted by Gasteiger charge is 2.41. The number of hydrogen-bond acceptors (Lipinski definition) is 6. The SMILES string of the molecule is CC(I)(I)OC(=O)N1CCC2(CCc3cc(-c4ccc(CS(=O)(=O)CCCC(N)=O)cc4)ccc3O2)CC1. The predicted octanol–water partition coefficient (Wildman–Crippen LogP) is 5.37. The van der Waals surface area contributed by atoms with Crippen LogP contribution in [0, 0.1) is 0 Å². The van der Waals surface area contributed by atoms with Crippen molar-refractivity contribution >= 4 is 67.0 Å². The maximum absolute atomic E-state index is 12.4. The summed E-state index contributed by atoms with van der Waals surface area (Å²) in [5.41, 5.74) is 8.77. The van der Waals surface area contributed by atoms with Gasteiger partial charge in [-0.15, -0.1) is 0 Å². The second-order valence-electron chi connectivity index (χ2n) is 10.1. The number of rotatable bonds is 8. The molecule has 0 bridgehead atoms. The third-order valence-corrected chi connectivity index (χ3v) is 9.11. The van der Waals surface area contributed by atoms with Gasteiger partial charge in [-0.25, -0.2) is 13.2 Å². The van der Waals surface area contributed by atoms with Gasteiger partial charge >= 0.3 is 6.09 Å². The molecule has 2 N–H and O–H groups in total. The van der Waals surface area contributed by atoms with Crippen LogP contribution in [0.3, 0.4) is 0 Å². The minimum absolute atomic E-state index is 0.0531. The molecule has 38 heavy (non-hydrogen) atoms. The Morgan fingerprint density at radius 2 is 1.74 bits per heavy atom. The largest absolute Gasteiger partial charge is 0.487 e. The van der Waals surface area contributed by atoms with Crippen LogP contribution in [0.15, 0.2) is 42.5 Å². The fourth-order valence-corrected chi connectivity index (χ4v) is 6.76. The number of piperidine rings is 1. The average Bonchev–Trinajstić information content (AvgIpc) is 2.83. The Morgan fingerprint density at radius 3 is 2.37 bits per heavy atom. The number of amides is 2. The number of hydrogen-bond donors (Lipinski definition) is 1. The number of sulfone groups is 1. The molecule has 1 fully saturated rings. The van der Waals surface area contributed by atoms with Gasteiger partial charge in [0, 0.05) is 32.4 Å². The Labute approximate surface area is 251 Å². The van der Waals surface area contributed by atoms with Gasteiger partial charge in [0.1, 0.15) is 11.4 Å². The van der Waals surface area contributed by atoms with E-state index in [1.54, 1.807) is 4.90 Å². The third kappa shape index (κ3) is 7.96. The monoisotopic (exact) mass is 766 g/mol. The minimum Gasteiger partial charge on any atom is -0.487 e. The molecule has 2 aliphatic heterocycles. The summed E-state index contributed by atoms with van der Waals surface area (Å²) in [5.74, 6) is 0.291. The number of aryl methyl sites for hydroxylation is 1. The third-order valence-electron chi connectivity index (χ3n) is 6.99. The summed E-state index contributed by atoms with van der Waals surface area (Å²) in [4.78, 5) is 25.0. The summed E-state index contributed by atoms with van der Waals surface area (Å²) < 4.78 is 36.1. The summed E-state index contributed by atoms with van der Waals surface area (Å²) in [6.45, 7) is 3.08. The lowest BCUT2D eigenvalue weighted by Crippen LogP contribution is -2.51. The van der Waals surface area contributed by atoms with Gasteiger partial charge in [0.05, 0.1) is 11.5 Å². The van der Waals surface area contributed by atoms with Crippen molar-refractivity contribution in [2.75, 3.05) is 18.8 Å². The fourth-order valence-electron chi connectivity index (χ4n) is 4.95. The minimum atomic E-state index is -3.30. The Bertz CT molecular complexity index is 1280. The summed E-state index contributed by atoms with van der Waals surface area (Å²) in [5, 5.41) is 0. The van der Waals surface area contributed by atoms with E-state index < -0.39 is 17.4 Å². The normalized spacial score (nSPS) is 17.0. The zero-order valence-electron chi connectivity index (χ0n) is 21.3. The maximum Gasteiger partial charge on any atom is 0.411 e. The lowest BCUT2D eigenvalue weighted by molar-refractivity contribution is -0.118. The number of benzene rings is 2. The highest BCUT2D eigenvalue weighted by atomic mass is 127. The number of ether oxygens (including phenoxy) is 2. The number of primary amides is 1. The molecular weight excluding hydrogens is 734 g/mol. The second kappa shape index (κ2) is 11.9. The number of nitrogens with two attached hydrogens (primary N) is 1. The van der Waals surface area contributed by atoms with Crippen molar-refractivity contribution < 1.29 is 27.5 Å². The number of nitrogens with zero attached hydrogens (tertiary/aromatic N) is 1. The number of fused-ring (bicyclic) bond motifs is 1. The molecule has 8 nitrogen and oxygen atoms in total. The Morgan fingerprint density at radius 1 is 1.08 bits per heavy atom. The van der Waals surface area contributed by atoms with Crippen molar-refractivity contribution in [1.82, 2.24) is 4.90 Å². The smallest absolute Gasteiger partial charge is 0.411 e.